The molecule has 0 aliphatic carbocycles. The fourth-order valence-corrected chi connectivity index (χ4v) is 4.94. The molecule has 160 valence electrons. The van der Waals surface area contributed by atoms with Crippen LogP contribution in [0.25, 0.3) is 10.2 Å². The van der Waals surface area contributed by atoms with Gasteiger partial charge in [-0.1, -0.05) is 11.3 Å². The maximum absolute atomic E-state index is 13.0. The number of phenols is 1. The summed E-state index contributed by atoms with van der Waals surface area (Å²) in [5.74, 6) is 0.750. The number of anilines is 1. The molecule has 30 heavy (non-hydrogen) atoms. The van der Waals surface area contributed by atoms with Gasteiger partial charge in [-0.3, -0.25) is 0 Å². The van der Waals surface area contributed by atoms with Crippen LogP contribution in [0.3, 0.4) is 0 Å². The first-order chi connectivity index (χ1) is 14.6. The number of ether oxygens (including phenoxy) is 1. The Kier molecular flexibility index (Phi) is 6.69. The van der Waals surface area contributed by atoms with Gasteiger partial charge < -0.3 is 20.5 Å². The first-order valence-corrected chi connectivity index (χ1v) is 11.4. The molecule has 5 nitrogen and oxygen atoms in total. The summed E-state index contributed by atoms with van der Waals surface area (Å²) in [5, 5.41) is 17.6. The van der Waals surface area contributed by atoms with E-state index in [1.165, 1.54) is 12.1 Å². The number of hydrogen-bond donors (Lipinski definition) is 3. The van der Waals surface area contributed by atoms with E-state index in [1.54, 1.807) is 35.6 Å². The van der Waals surface area contributed by atoms with Gasteiger partial charge >= 0.3 is 0 Å². The molecule has 1 aliphatic rings. The van der Waals surface area contributed by atoms with Gasteiger partial charge in [0, 0.05) is 6.54 Å². The van der Waals surface area contributed by atoms with Crippen molar-refractivity contribution >= 4 is 26.7 Å². The van der Waals surface area contributed by atoms with Gasteiger partial charge in [0.25, 0.3) is 0 Å². The molecule has 0 radical (unpaired) electrons. The molecule has 4 rings (SSSR count). The van der Waals surface area contributed by atoms with Crippen LogP contribution in [0.2, 0.25) is 0 Å². The summed E-state index contributed by atoms with van der Waals surface area (Å²) in [6.45, 7) is 3.64. The predicted octanol–water partition coefficient (Wildman–Crippen LogP) is 5.17. The summed E-state index contributed by atoms with van der Waals surface area (Å²) < 4.78 is 19.7. The van der Waals surface area contributed by atoms with Crippen molar-refractivity contribution in [1.29, 1.82) is 0 Å². The van der Waals surface area contributed by atoms with Gasteiger partial charge in [-0.2, -0.15) is 0 Å². The topological polar surface area (TPSA) is 66.4 Å². The van der Waals surface area contributed by atoms with Gasteiger partial charge in [-0.15, -0.1) is 0 Å². The van der Waals surface area contributed by atoms with E-state index in [1.807, 2.05) is 6.07 Å². The lowest BCUT2D eigenvalue weighted by Crippen LogP contribution is -2.41. The molecule has 0 spiro atoms. The predicted molar refractivity (Wildman–Crippen MR) is 120 cm³/mol. The van der Waals surface area contributed by atoms with E-state index < -0.39 is 0 Å². The zero-order valence-electron chi connectivity index (χ0n) is 17.0. The number of hydrogen-bond acceptors (Lipinski definition) is 6. The second-order valence-electron chi connectivity index (χ2n) is 8.03. The maximum atomic E-state index is 13.0. The summed E-state index contributed by atoms with van der Waals surface area (Å²) in [6, 6.07) is 11.5. The van der Waals surface area contributed by atoms with Crippen LogP contribution in [0.15, 0.2) is 42.5 Å². The molecule has 2 heterocycles. The van der Waals surface area contributed by atoms with Crippen LogP contribution in [-0.4, -0.2) is 36.3 Å². The van der Waals surface area contributed by atoms with Crippen molar-refractivity contribution < 1.29 is 14.2 Å². The lowest BCUT2D eigenvalue weighted by molar-refractivity contribution is 0.188. The van der Waals surface area contributed by atoms with Gasteiger partial charge in [0.15, 0.2) is 5.13 Å². The molecule has 2 aromatic carbocycles. The third-order valence-electron chi connectivity index (χ3n) is 5.83. The fraction of sp³-hybridized carbons (Fsp3) is 0.435. The summed E-state index contributed by atoms with van der Waals surface area (Å²) in [4.78, 5) is 4.65. The number of halogens is 1. The third kappa shape index (κ3) is 5.40. The number of fused-ring (bicyclic) bond motifs is 1. The highest BCUT2D eigenvalue weighted by Crippen LogP contribution is 2.36. The van der Waals surface area contributed by atoms with Crippen LogP contribution >= 0.6 is 11.3 Å². The Morgan fingerprint density at radius 1 is 1.13 bits per heavy atom. The third-order valence-corrected chi connectivity index (χ3v) is 6.81. The van der Waals surface area contributed by atoms with E-state index >= 15 is 0 Å². The van der Waals surface area contributed by atoms with Crippen molar-refractivity contribution in [2.45, 2.75) is 32.1 Å². The first-order valence-electron chi connectivity index (χ1n) is 10.5. The standard InChI is InChI=1S/C23H28FN3O2S/c24-17-3-6-19(7-4-17)29-14-2-1-9-23(10-12-25-13-11-23)16-26-22-27-20-8-5-18(28)15-21(20)30-22/h3-8,15,25,28H,1-2,9-14,16H2,(H,26,27). The Morgan fingerprint density at radius 2 is 1.93 bits per heavy atom. The van der Waals surface area contributed by atoms with Crippen molar-refractivity contribution in [3.05, 3.63) is 48.3 Å². The van der Waals surface area contributed by atoms with Gasteiger partial charge in [0.1, 0.15) is 17.3 Å². The summed E-state index contributed by atoms with van der Waals surface area (Å²) in [5.41, 5.74) is 1.17. The molecular formula is C23H28FN3O2S. The van der Waals surface area contributed by atoms with Gasteiger partial charge in [-0.05, 0) is 93.1 Å². The van der Waals surface area contributed by atoms with Crippen molar-refractivity contribution in [3.8, 4) is 11.5 Å². The van der Waals surface area contributed by atoms with Gasteiger partial charge in [0.05, 0.1) is 16.8 Å². The SMILES string of the molecule is Oc1ccc2nc(NCC3(CCCCOc4ccc(F)cc4)CCNCC3)sc2c1. The minimum absolute atomic E-state index is 0.243. The Bertz CT molecular complexity index is 955. The van der Waals surface area contributed by atoms with E-state index in [0.717, 1.165) is 72.8 Å². The highest BCUT2D eigenvalue weighted by atomic mass is 32.1. The average molecular weight is 430 g/mol. The molecule has 0 unspecified atom stereocenters. The zero-order valence-corrected chi connectivity index (χ0v) is 17.8. The molecule has 3 N–H and O–H groups in total. The quantitative estimate of drug-likeness (QED) is 0.410. The second kappa shape index (κ2) is 9.62. The molecule has 0 atom stereocenters. The Balaban J connectivity index is 1.28. The number of rotatable bonds is 9. The molecule has 7 heteroatoms. The van der Waals surface area contributed by atoms with Gasteiger partial charge in [-0.25, -0.2) is 9.37 Å². The number of nitrogens with zero attached hydrogens (tertiary/aromatic N) is 1. The van der Waals surface area contributed by atoms with Crippen LogP contribution in [0.4, 0.5) is 9.52 Å². The van der Waals surface area contributed by atoms with Crippen LogP contribution in [0, 0.1) is 11.2 Å². The average Bonchev–Trinajstić information content (AvgIpc) is 3.16. The zero-order chi connectivity index (χ0) is 20.8. The van der Waals surface area contributed by atoms with Gasteiger partial charge in [0.2, 0.25) is 0 Å². The monoisotopic (exact) mass is 429 g/mol. The number of unbranched alkanes of at least 4 members (excludes halogenated alkanes) is 1. The maximum Gasteiger partial charge on any atom is 0.183 e. The summed E-state index contributed by atoms with van der Waals surface area (Å²) in [6.07, 6.45) is 5.50. The van der Waals surface area contributed by atoms with E-state index in [9.17, 15) is 9.50 Å². The molecule has 1 saturated heterocycles. The van der Waals surface area contributed by atoms with E-state index in [0.29, 0.717) is 6.61 Å². The Labute approximate surface area is 180 Å². The number of aromatic hydroxyl groups is 1. The normalized spacial score (nSPS) is 15.9. The first kappa shape index (κ1) is 20.9. The van der Waals surface area contributed by atoms with Crippen LogP contribution in [-0.2, 0) is 0 Å². The molecule has 3 aromatic rings. The minimum atomic E-state index is -0.243. The molecule has 0 saturated carbocycles. The van der Waals surface area contributed by atoms with E-state index in [2.05, 4.69) is 15.6 Å². The Hall–Kier alpha value is -2.38. The van der Waals surface area contributed by atoms with Crippen molar-refractivity contribution in [3.63, 3.8) is 0 Å². The van der Waals surface area contributed by atoms with Crippen LogP contribution in [0.1, 0.15) is 32.1 Å². The number of piperidine rings is 1. The smallest absolute Gasteiger partial charge is 0.183 e. The Morgan fingerprint density at radius 3 is 2.73 bits per heavy atom. The second-order valence-corrected chi connectivity index (χ2v) is 9.06. The lowest BCUT2D eigenvalue weighted by atomic mass is 9.75. The number of phenolic OH excluding ortho intramolecular Hbond substituents is 1. The molecular weight excluding hydrogens is 401 g/mol. The minimum Gasteiger partial charge on any atom is -0.508 e. The number of thiazole rings is 1. The highest BCUT2D eigenvalue weighted by Gasteiger charge is 2.31. The number of aromatic nitrogens is 1. The van der Waals surface area contributed by atoms with E-state index in [4.69, 9.17) is 4.74 Å². The molecule has 1 fully saturated rings. The molecule has 1 aromatic heterocycles. The summed E-state index contributed by atoms with van der Waals surface area (Å²) >= 11 is 1.58. The molecule has 1 aliphatic heterocycles. The lowest BCUT2D eigenvalue weighted by Gasteiger charge is -2.38. The van der Waals surface area contributed by atoms with E-state index in [-0.39, 0.29) is 17.0 Å². The summed E-state index contributed by atoms with van der Waals surface area (Å²) in [7, 11) is 0. The highest BCUT2D eigenvalue weighted by molar-refractivity contribution is 7.22. The molecule has 0 bridgehead atoms. The van der Waals surface area contributed by atoms with Crippen molar-refractivity contribution in [2.75, 3.05) is 31.6 Å². The van der Waals surface area contributed by atoms with Crippen molar-refractivity contribution in [1.82, 2.24) is 10.3 Å². The number of nitrogens with one attached hydrogen (secondary N) is 2. The van der Waals surface area contributed by atoms with Crippen molar-refractivity contribution in [2.24, 2.45) is 5.41 Å². The molecule has 0 amide bonds. The fourth-order valence-electron chi connectivity index (χ4n) is 4.05. The number of benzene rings is 2. The van der Waals surface area contributed by atoms with Crippen LogP contribution < -0.4 is 15.4 Å². The van der Waals surface area contributed by atoms with Crippen LogP contribution in [0.5, 0.6) is 11.5 Å². The largest absolute Gasteiger partial charge is 0.508 e.